The van der Waals surface area contributed by atoms with Crippen LogP contribution in [0.5, 0.6) is 0 Å². The second-order valence-corrected chi connectivity index (χ2v) is 3.72. The second kappa shape index (κ2) is 2.60. The average molecular weight is 276 g/mol. The highest BCUT2D eigenvalue weighted by Crippen LogP contribution is 2.18. The molecule has 11 heavy (non-hydrogen) atoms. The third-order valence-corrected chi connectivity index (χ3v) is 2.41. The van der Waals surface area contributed by atoms with Gasteiger partial charge in [0.2, 0.25) is 0 Å². The van der Waals surface area contributed by atoms with Crippen LogP contribution in [0.25, 0.3) is 5.52 Å². The highest BCUT2D eigenvalue weighted by atomic mass is 79.9. The fourth-order valence-electron chi connectivity index (χ4n) is 0.976. The normalized spacial score (nSPS) is 10.7. The summed E-state index contributed by atoms with van der Waals surface area (Å²) >= 11 is 6.67. The summed E-state index contributed by atoms with van der Waals surface area (Å²) in [4.78, 5) is 4.19. The van der Waals surface area contributed by atoms with Gasteiger partial charge in [0.05, 0.1) is 5.52 Å². The Labute approximate surface area is 80.5 Å². The first-order chi connectivity index (χ1) is 5.27. The van der Waals surface area contributed by atoms with E-state index in [4.69, 9.17) is 0 Å². The molecule has 0 aromatic carbocycles. The van der Waals surface area contributed by atoms with Crippen LogP contribution in [0, 0.1) is 0 Å². The van der Waals surface area contributed by atoms with Crippen molar-refractivity contribution in [3.05, 3.63) is 33.7 Å². The zero-order chi connectivity index (χ0) is 7.84. The van der Waals surface area contributed by atoms with E-state index in [0.717, 1.165) is 14.7 Å². The van der Waals surface area contributed by atoms with Gasteiger partial charge in [-0.3, -0.25) is 0 Å². The van der Waals surface area contributed by atoms with Gasteiger partial charge in [-0.25, -0.2) is 4.98 Å². The summed E-state index contributed by atoms with van der Waals surface area (Å²) in [6.45, 7) is 0. The molecule has 0 atom stereocenters. The minimum Gasteiger partial charge on any atom is -0.319 e. The molecule has 2 nitrogen and oxygen atoms in total. The maximum atomic E-state index is 4.19. The molecule has 2 heterocycles. The molecule has 0 radical (unpaired) electrons. The van der Waals surface area contributed by atoms with Gasteiger partial charge in [0.1, 0.15) is 9.21 Å². The molecule has 0 saturated carbocycles. The molecule has 2 rings (SSSR count). The summed E-state index contributed by atoms with van der Waals surface area (Å²) in [6, 6.07) is 3.98. The van der Waals surface area contributed by atoms with Crippen molar-refractivity contribution in [2.45, 2.75) is 0 Å². The first-order valence-electron chi connectivity index (χ1n) is 3.06. The van der Waals surface area contributed by atoms with Gasteiger partial charge < -0.3 is 4.40 Å². The van der Waals surface area contributed by atoms with Crippen molar-refractivity contribution in [3.63, 3.8) is 0 Å². The summed E-state index contributed by atoms with van der Waals surface area (Å²) in [6.07, 6.45) is 3.90. The summed E-state index contributed by atoms with van der Waals surface area (Å²) in [5.74, 6) is 0. The monoisotopic (exact) mass is 274 g/mol. The predicted octanol–water partition coefficient (Wildman–Crippen LogP) is 2.86. The molecule has 0 bridgehead atoms. The minimum atomic E-state index is 0.827. The minimum absolute atomic E-state index is 0.827. The Morgan fingerprint density at radius 3 is 3.00 bits per heavy atom. The number of fused-ring (bicyclic) bond motifs is 1. The van der Waals surface area contributed by atoms with E-state index in [-0.39, 0.29) is 0 Å². The van der Waals surface area contributed by atoms with E-state index in [1.165, 1.54) is 0 Å². The van der Waals surface area contributed by atoms with Crippen LogP contribution in [0.15, 0.2) is 33.7 Å². The summed E-state index contributed by atoms with van der Waals surface area (Å²) < 4.78 is 3.69. The van der Waals surface area contributed by atoms with Crippen molar-refractivity contribution in [3.8, 4) is 0 Å². The molecule has 0 spiro atoms. The lowest BCUT2D eigenvalue weighted by molar-refractivity contribution is 1.09. The molecule has 0 amide bonds. The van der Waals surface area contributed by atoms with E-state index >= 15 is 0 Å². The second-order valence-electron chi connectivity index (χ2n) is 2.16. The number of nitrogens with zero attached hydrogens (tertiary/aromatic N) is 2. The SMILES string of the molecule is Brc1cn2cccc2c(Br)n1. The number of hydrogen-bond acceptors (Lipinski definition) is 1. The van der Waals surface area contributed by atoms with Crippen molar-refractivity contribution < 1.29 is 0 Å². The van der Waals surface area contributed by atoms with Gasteiger partial charge in [-0.15, -0.1) is 0 Å². The van der Waals surface area contributed by atoms with Gasteiger partial charge >= 0.3 is 0 Å². The van der Waals surface area contributed by atoms with Crippen molar-refractivity contribution in [1.82, 2.24) is 9.38 Å². The molecule has 2 aromatic heterocycles. The fraction of sp³-hybridized carbons (Fsp3) is 0. The van der Waals surface area contributed by atoms with Crippen LogP contribution < -0.4 is 0 Å². The van der Waals surface area contributed by atoms with Crippen LogP contribution in [0.4, 0.5) is 0 Å². The van der Waals surface area contributed by atoms with E-state index in [9.17, 15) is 0 Å². The Kier molecular flexibility index (Phi) is 1.73. The van der Waals surface area contributed by atoms with Gasteiger partial charge in [0, 0.05) is 12.4 Å². The largest absolute Gasteiger partial charge is 0.319 e. The number of rotatable bonds is 0. The van der Waals surface area contributed by atoms with Gasteiger partial charge in [-0.1, -0.05) is 0 Å². The van der Waals surface area contributed by atoms with E-state index in [1.807, 2.05) is 28.9 Å². The highest BCUT2D eigenvalue weighted by Gasteiger charge is 1.99. The lowest BCUT2D eigenvalue weighted by Crippen LogP contribution is -1.86. The zero-order valence-corrected chi connectivity index (χ0v) is 8.63. The van der Waals surface area contributed by atoms with Crippen LogP contribution in [0.3, 0.4) is 0 Å². The lowest BCUT2D eigenvalue weighted by atomic mass is 10.5. The number of hydrogen-bond donors (Lipinski definition) is 0. The maximum absolute atomic E-state index is 4.19. The average Bonchev–Trinajstić information content (AvgIpc) is 2.34. The number of halogens is 2. The first-order valence-corrected chi connectivity index (χ1v) is 4.65. The summed E-state index contributed by atoms with van der Waals surface area (Å²) in [5.41, 5.74) is 1.08. The molecule has 0 aliphatic carbocycles. The van der Waals surface area contributed by atoms with Gasteiger partial charge in [0.15, 0.2) is 0 Å². The van der Waals surface area contributed by atoms with Crippen LogP contribution in [-0.2, 0) is 0 Å². The Morgan fingerprint density at radius 2 is 2.18 bits per heavy atom. The van der Waals surface area contributed by atoms with E-state index in [2.05, 4.69) is 36.8 Å². The van der Waals surface area contributed by atoms with Gasteiger partial charge in [-0.2, -0.15) is 0 Å². The Balaban J connectivity index is 2.91. The molecular formula is C7H4Br2N2. The van der Waals surface area contributed by atoms with Crippen LogP contribution in [-0.4, -0.2) is 9.38 Å². The van der Waals surface area contributed by atoms with Crippen LogP contribution in [0.1, 0.15) is 0 Å². The van der Waals surface area contributed by atoms with Gasteiger partial charge in [0.25, 0.3) is 0 Å². The van der Waals surface area contributed by atoms with Crippen molar-refractivity contribution in [2.75, 3.05) is 0 Å². The predicted molar refractivity (Wildman–Crippen MR) is 50.6 cm³/mol. The van der Waals surface area contributed by atoms with E-state index in [0.29, 0.717) is 0 Å². The van der Waals surface area contributed by atoms with Crippen LogP contribution in [0.2, 0.25) is 0 Å². The van der Waals surface area contributed by atoms with E-state index < -0.39 is 0 Å². The maximum Gasteiger partial charge on any atom is 0.131 e. The molecule has 0 unspecified atom stereocenters. The quantitative estimate of drug-likeness (QED) is 0.723. The molecule has 0 saturated heterocycles. The molecule has 0 N–H and O–H groups in total. The topological polar surface area (TPSA) is 17.3 Å². The lowest BCUT2D eigenvalue weighted by Gasteiger charge is -1.97. The number of aromatic nitrogens is 2. The zero-order valence-electron chi connectivity index (χ0n) is 5.46. The molecule has 0 fully saturated rings. The van der Waals surface area contributed by atoms with Crippen molar-refractivity contribution >= 4 is 37.4 Å². The van der Waals surface area contributed by atoms with Crippen LogP contribution >= 0.6 is 31.9 Å². The molecule has 2 aromatic rings. The molecule has 56 valence electrons. The molecule has 0 aliphatic heterocycles. The third-order valence-electron chi connectivity index (χ3n) is 1.44. The van der Waals surface area contributed by atoms with E-state index in [1.54, 1.807) is 0 Å². The Hall–Kier alpha value is -0.350. The standard InChI is InChI=1S/C7H4Br2N2/c8-6-4-11-3-1-2-5(11)7(9)10-6/h1-4H. The van der Waals surface area contributed by atoms with Crippen molar-refractivity contribution in [1.29, 1.82) is 0 Å². The summed E-state index contributed by atoms with van der Waals surface area (Å²) in [7, 11) is 0. The molecular weight excluding hydrogens is 272 g/mol. The molecule has 4 heteroatoms. The van der Waals surface area contributed by atoms with Crippen molar-refractivity contribution in [2.24, 2.45) is 0 Å². The first kappa shape index (κ1) is 7.31. The smallest absolute Gasteiger partial charge is 0.131 e. The summed E-state index contributed by atoms with van der Waals surface area (Å²) in [5, 5.41) is 0. The Morgan fingerprint density at radius 1 is 1.36 bits per heavy atom. The Bertz CT molecular complexity index is 394. The van der Waals surface area contributed by atoms with Gasteiger partial charge in [-0.05, 0) is 44.0 Å². The molecule has 0 aliphatic rings. The highest BCUT2D eigenvalue weighted by molar-refractivity contribution is 9.11. The third kappa shape index (κ3) is 1.20. The fourth-order valence-corrected chi connectivity index (χ4v) is 2.14.